The Labute approximate surface area is 77.9 Å². The van der Waals surface area contributed by atoms with E-state index in [9.17, 15) is 0 Å². The Morgan fingerprint density at radius 2 is 2.38 bits per heavy atom. The van der Waals surface area contributed by atoms with Gasteiger partial charge in [-0.15, -0.1) is 0 Å². The smallest absolute Gasteiger partial charge is 0.122 e. The molecule has 3 nitrogen and oxygen atoms in total. The molecule has 0 unspecified atom stereocenters. The topological polar surface area (TPSA) is 47.3 Å². The molecule has 1 aliphatic rings. The van der Waals surface area contributed by atoms with E-state index < -0.39 is 0 Å². The van der Waals surface area contributed by atoms with Crippen LogP contribution >= 0.6 is 0 Å². The second-order valence-corrected chi connectivity index (χ2v) is 3.16. The third-order valence-corrected chi connectivity index (χ3v) is 2.21. The highest BCUT2D eigenvalue weighted by atomic mass is 16.5. The summed E-state index contributed by atoms with van der Waals surface area (Å²) in [5, 5.41) is 3.08. The summed E-state index contributed by atoms with van der Waals surface area (Å²) in [6.07, 6.45) is 2.22. The van der Waals surface area contributed by atoms with Crippen molar-refractivity contribution < 1.29 is 4.74 Å². The maximum absolute atomic E-state index is 5.50. The quantitative estimate of drug-likeness (QED) is 0.672. The van der Waals surface area contributed by atoms with Crippen LogP contribution in [0.15, 0.2) is 18.2 Å². The summed E-state index contributed by atoms with van der Waals surface area (Å²) in [6, 6.07) is 6.12. The average Bonchev–Trinajstić information content (AvgIpc) is 2.18. The highest BCUT2D eigenvalue weighted by Crippen LogP contribution is 2.27. The van der Waals surface area contributed by atoms with Crippen molar-refractivity contribution in [2.75, 3.05) is 18.6 Å². The van der Waals surface area contributed by atoms with Crippen LogP contribution in [-0.2, 0) is 6.42 Å². The monoisotopic (exact) mass is 178 g/mol. The van der Waals surface area contributed by atoms with Gasteiger partial charge in [-0.05, 0) is 36.6 Å². The highest BCUT2D eigenvalue weighted by molar-refractivity contribution is 5.51. The number of anilines is 1. The fraction of sp³-hybridized carbons (Fsp3) is 0.400. The summed E-state index contributed by atoms with van der Waals surface area (Å²) < 4.78 is 5.50. The lowest BCUT2D eigenvalue weighted by Crippen LogP contribution is -2.12. The van der Waals surface area contributed by atoms with E-state index in [4.69, 9.17) is 10.5 Å². The molecule has 3 heteroatoms. The molecular formula is C10H14N2O. The largest absolute Gasteiger partial charge is 0.493 e. The Morgan fingerprint density at radius 3 is 3.23 bits per heavy atom. The van der Waals surface area contributed by atoms with Gasteiger partial charge in [0.05, 0.1) is 13.3 Å². The number of ether oxygens (including phenoxy) is 1. The molecule has 0 fully saturated rings. The van der Waals surface area contributed by atoms with Crippen molar-refractivity contribution in [1.82, 2.24) is 0 Å². The zero-order valence-corrected chi connectivity index (χ0v) is 7.55. The van der Waals surface area contributed by atoms with Crippen molar-refractivity contribution in [2.45, 2.75) is 12.8 Å². The van der Waals surface area contributed by atoms with Crippen LogP contribution in [0.1, 0.15) is 12.0 Å². The van der Waals surface area contributed by atoms with Gasteiger partial charge in [0.15, 0.2) is 0 Å². The lowest BCUT2D eigenvalue weighted by atomic mass is 10.1. The van der Waals surface area contributed by atoms with Crippen LogP contribution in [0.25, 0.3) is 0 Å². The number of nitrogens with two attached hydrogens (primary N) is 1. The van der Waals surface area contributed by atoms with Gasteiger partial charge in [-0.3, -0.25) is 0 Å². The molecule has 0 saturated carbocycles. The number of rotatable bonds is 2. The summed E-state index contributed by atoms with van der Waals surface area (Å²) in [7, 11) is 0. The maximum Gasteiger partial charge on any atom is 0.122 e. The SMILES string of the molecule is NCNc1ccc2c(c1)CCCO2. The molecule has 0 atom stereocenters. The molecular weight excluding hydrogens is 164 g/mol. The molecule has 13 heavy (non-hydrogen) atoms. The Bertz CT molecular complexity index is 299. The predicted molar refractivity (Wildman–Crippen MR) is 52.9 cm³/mol. The zero-order chi connectivity index (χ0) is 9.10. The van der Waals surface area contributed by atoms with Gasteiger partial charge < -0.3 is 15.8 Å². The van der Waals surface area contributed by atoms with Crippen molar-refractivity contribution >= 4 is 5.69 Å². The molecule has 0 bridgehead atoms. The molecule has 0 amide bonds. The highest BCUT2D eigenvalue weighted by Gasteiger charge is 2.09. The number of benzene rings is 1. The molecule has 2 rings (SSSR count). The van der Waals surface area contributed by atoms with E-state index in [1.54, 1.807) is 0 Å². The lowest BCUT2D eigenvalue weighted by molar-refractivity contribution is 0.288. The first-order valence-corrected chi connectivity index (χ1v) is 4.60. The molecule has 0 aliphatic carbocycles. The molecule has 0 saturated heterocycles. The van der Waals surface area contributed by atoms with E-state index in [1.165, 1.54) is 5.56 Å². The van der Waals surface area contributed by atoms with Crippen molar-refractivity contribution in [2.24, 2.45) is 5.73 Å². The van der Waals surface area contributed by atoms with E-state index >= 15 is 0 Å². The van der Waals surface area contributed by atoms with E-state index in [-0.39, 0.29) is 0 Å². The van der Waals surface area contributed by atoms with Crippen LogP contribution in [0.5, 0.6) is 5.75 Å². The van der Waals surface area contributed by atoms with Crippen molar-refractivity contribution in [1.29, 1.82) is 0 Å². The van der Waals surface area contributed by atoms with Crippen LogP contribution in [-0.4, -0.2) is 13.3 Å². The fourth-order valence-corrected chi connectivity index (χ4v) is 1.59. The second-order valence-electron chi connectivity index (χ2n) is 3.16. The fourth-order valence-electron chi connectivity index (χ4n) is 1.59. The Morgan fingerprint density at radius 1 is 1.46 bits per heavy atom. The number of nitrogens with one attached hydrogen (secondary N) is 1. The van der Waals surface area contributed by atoms with Crippen molar-refractivity contribution in [3.63, 3.8) is 0 Å². The van der Waals surface area contributed by atoms with Gasteiger partial charge in [0.2, 0.25) is 0 Å². The van der Waals surface area contributed by atoms with Crippen molar-refractivity contribution in [3.05, 3.63) is 23.8 Å². The Hall–Kier alpha value is -1.22. The summed E-state index contributed by atoms with van der Waals surface area (Å²) >= 11 is 0. The standard InChI is InChI=1S/C10H14N2O/c11-7-12-9-3-4-10-8(6-9)2-1-5-13-10/h3-4,6,12H,1-2,5,7,11H2. The molecule has 0 spiro atoms. The third-order valence-electron chi connectivity index (χ3n) is 2.21. The number of fused-ring (bicyclic) bond motifs is 1. The van der Waals surface area contributed by atoms with Gasteiger partial charge in [0.25, 0.3) is 0 Å². The first-order valence-electron chi connectivity index (χ1n) is 4.60. The van der Waals surface area contributed by atoms with Crippen LogP contribution in [0.2, 0.25) is 0 Å². The first-order chi connectivity index (χ1) is 6.40. The summed E-state index contributed by atoms with van der Waals surface area (Å²) in [5.74, 6) is 1.02. The predicted octanol–water partition coefficient (Wildman–Crippen LogP) is 1.34. The van der Waals surface area contributed by atoms with Gasteiger partial charge in [0, 0.05) is 5.69 Å². The van der Waals surface area contributed by atoms with E-state index in [0.717, 1.165) is 30.9 Å². The van der Waals surface area contributed by atoms with E-state index in [2.05, 4.69) is 11.4 Å². The summed E-state index contributed by atoms with van der Waals surface area (Å²) in [5.41, 5.74) is 7.75. The molecule has 70 valence electrons. The number of aryl methyl sites for hydroxylation is 1. The first kappa shape index (κ1) is 8.38. The number of hydrogen-bond donors (Lipinski definition) is 2. The lowest BCUT2D eigenvalue weighted by Gasteiger charge is -2.17. The van der Waals surface area contributed by atoms with Gasteiger partial charge >= 0.3 is 0 Å². The van der Waals surface area contributed by atoms with Crippen LogP contribution in [0, 0.1) is 0 Å². The van der Waals surface area contributed by atoms with Crippen LogP contribution in [0.3, 0.4) is 0 Å². The van der Waals surface area contributed by atoms with Gasteiger partial charge in [-0.2, -0.15) is 0 Å². The Kier molecular flexibility index (Phi) is 2.36. The normalized spacial score (nSPS) is 14.5. The minimum Gasteiger partial charge on any atom is -0.493 e. The molecule has 1 aliphatic heterocycles. The third kappa shape index (κ3) is 1.75. The number of hydrogen-bond acceptors (Lipinski definition) is 3. The van der Waals surface area contributed by atoms with E-state index in [1.807, 2.05) is 12.1 Å². The van der Waals surface area contributed by atoms with E-state index in [0.29, 0.717) is 6.67 Å². The molecule has 1 aromatic rings. The van der Waals surface area contributed by atoms with Gasteiger partial charge in [0.1, 0.15) is 5.75 Å². The summed E-state index contributed by atoms with van der Waals surface area (Å²) in [4.78, 5) is 0. The van der Waals surface area contributed by atoms with Gasteiger partial charge in [-0.25, -0.2) is 0 Å². The minimum atomic E-state index is 0.472. The molecule has 0 radical (unpaired) electrons. The van der Waals surface area contributed by atoms with Crippen LogP contribution < -0.4 is 15.8 Å². The molecule has 3 N–H and O–H groups in total. The minimum absolute atomic E-state index is 0.472. The van der Waals surface area contributed by atoms with Crippen molar-refractivity contribution in [3.8, 4) is 5.75 Å². The van der Waals surface area contributed by atoms with Gasteiger partial charge in [-0.1, -0.05) is 0 Å². The second kappa shape index (κ2) is 3.66. The Balaban J connectivity index is 2.24. The zero-order valence-electron chi connectivity index (χ0n) is 7.55. The van der Waals surface area contributed by atoms with Crippen LogP contribution in [0.4, 0.5) is 5.69 Å². The molecule has 0 aromatic heterocycles. The maximum atomic E-state index is 5.50. The molecule has 1 heterocycles. The summed E-state index contributed by atoms with van der Waals surface area (Å²) in [6.45, 7) is 1.32. The molecule has 1 aromatic carbocycles. The average molecular weight is 178 g/mol.